The van der Waals surface area contributed by atoms with Crippen molar-refractivity contribution < 1.29 is 14.7 Å². The summed E-state index contributed by atoms with van der Waals surface area (Å²) in [5.74, 6) is -0.572. The highest BCUT2D eigenvalue weighted by Gasteiger charge is 2.09. The lowest BCUT2D eigenvalue weighted by Crippen LogP contribution is -2.30. The summed E-state index contributed by atoms with van der Waals surface area (Å²) in [7, 11) is 0. The molecule has 0 aromatic heterocycles. The Kier molecular flexibility index (Phi) is 8.57. The van der Waals surface area contributed by atoms with Gasteiger partial charge in [0.1, 0.15) is 6.61 Å². The molecule has 0 aromatic rings. The third kappa shape index (κ3) is 6.86. The smallest absolute Gasteiger partial charge is 0.350 e. The quantitative estimate of drug-likeness (QED) is 0.605. The highest BCUT2D eigenvalue weighted by Crippen LogP contribution is 2.00. The van der Waals surface area contributed by atoms with E-state index in [0.717, 1.165) is 38.8 Å². The molecule has 0 bridgehead atoms. The molecule has 4 nitrogen and oxygen atoms in total. The number of aliphatic hydroxyl groups excluding tert-OH is 1. The van der Waals surface area contributed by atoms with Crippen molar-refractivity contribution in [3.8, 4) is 0 Å². The number of hydrogen-bond donors (Lipinski definition) is 1. The second-order valence-electron chi connectivity index (χ2n) is 3.26. The van der Waals surface area contributed by atoms with E-state index in [-0.39, 0.29) is 0 Å². The Morgan fingerprint density at radius 2 is 1.71 bits per heavy atom. The minimum absolute atomic E-state index is 0.547. The molecule has 1 N–H and O–H groups in total. The molecule has 84 valence electrons. The van der Waals surface area contributed by atoms with Gasteiger partial charge in [-0.25, -0.2) is 4.79 Å². The summed E-state index contributed by atoms with van der Waals surface area (Å²) in [6, 6.07) is 0. The molecule has 0 saturated heterocycles. The van der Waals surface area contributed by atoms with Crippen LogP contribution in [0.4, 0.5) is 0 Å². The first kappa shape index (κ1) is 13.4. The second kappa shape index (κ2) is 8.97. The van der Waals surface area contributed by atoms with Gasteiger partial charge in [-0.2, -0.15) is 0 Å². The normalized spacial score (nSPS) is 10.6. The standard InChI is InChI=1S/C10H21NO3/c1-3-5-7-11(8-6-4-2)14-10(13)9-12/h12H,3-9H2,1-2H3. The third-order valence-electron chi connectivity index (χ3n) is 1.88. The highest BCUT2D eigenvalue weighted by atomic mass is 16.7. The maximum Gasteiger partial charge on any atom is 0.350 e. The van der Waals surface area contributed by atoms with E-state index in [1.165, 1.54) is 0 Å². The average molecular weight is 203 g/mol. The number of carbonyl (C=O) groups is 1. The Labute approximate surface area is 85.8 Å². The minimum atomic E-state index is -0.572. The lowest BCUT2D eigenvalue weighted by atomic mass is 10.3. The van der Waals surface area contributed by atoms with Crippen molar-refractivity contribution in [2.24, 2.45) is 0 Å². The van der Waals surface area contributed by atoms with Crippen LogP contribution in [0.3, 0.4) is 0 Å². The van der Waals surface area contributed by atoms with E-state index in [1.54, 1.807) is 5.06 Å². The molecular formula is C10H21NO3. The number of rotatable bonds is 8. The Bertz CT molecular complexity index is 142. The molecule has 0 amide bonds. The van der Waals surface area contributed by atoms with Crippen LogP contribution < -0.4 is 0 Å². The van der Waals surface area contributed by atoms with Gasteiger partial charge in [-0.05, 0) is 12.8 Å². The van der Waals surface area contributed by atoms with E-state index in [1.807, 2.05) is 0 Å². The van der Waals surface area contributed by atoms with E-state index in [4.69, 9.17) is 9.94 Å². The van der Waals surface area contributed by atoms with Crippen LogP contribution in [0.25, 0.3) is 0 Å². The average Bonchev–Trinajstić information content (AvgIpc) is 2.21. The minimum Gasteiger partial charge on any atom is -0.385 e. The van der Waals surface area contributed by atoms with E-state index >= 15 is 0 Å². The summed E-state index contributed by atoms with van der Waals surface area (Å²) in [6.45, 7) is 5.14. The Morgan fingerprint density at radius 3 is 2.07 bits per heavy atom. The largest absolute Gasteiger partial charge is 0.385 e. The Balaban J connectivity index is 3.77. The fraction of sp³-hybridized carbons (Fsp3) is 0.900. The van der Waals surface area contributed by atoms with Gasteiger partial charge in [0, 0.05) is 13.1 Å². The van der Waals surface area contributed by atoms with Gasteiger partial charge in [0.2, 0.25) is 0 Å². The number of unbranched alkanes of at least 4 members (excludes halogenated alkanes) is 2. The highest BCUT2D eigenvalue weighted by molar-refractivity contribution is 5.69. The summed E-state index contributed by atoms with van der Waals surface area (Å²) in [5.41, 5.74) is 0. The molecule has 0 radical (unpaired) electrons. The first-order valence-electron chi connectivity index (χ1n) is 5.31. The number of hydrogen-bond acceptors (Lipinski definition) is 4. The summed E-state index contributed by atoms with van der Waals surface area (Å²) < 4.78 is 0. The number of nitrogens with zero attached hydrogens (tertiary/aromatic N) is 1. The van der Waals surface area contributed by atoms with Gasteiger partial charge in [-0.3, -0.25) is 0 Å². The van der Waals surface area contributed by atoms with Crippen LogP contribution in [-0.4, -0.2) is 35.8 Å². The second-order valence-corrected chi connectivity index (χ2v) is 3.26. The summed E-state index contributed by atoms with van der Waals surface area (Å²) in [5, 5.41) is 10.2. The summed E-state index contributed by atoms with van der Waals surface area (Å²) in [4.78, 5) is 15.8. The molecule has 0 fully saturated rings. The monoisotopic (exact) mass is 203 g/mol. The molecule has 0 aliphatic rings. The van der Waals surface area contributed by atoms with Crippen LogP contribution in [0, 0.1) is 0 Å². The van der Waals surface area contributed by atoms with Gasteiger partial charge in [0.05, 0.1) is 0 Å². The third-order valence-corrected chi connectivity index (χ3v) is 1.88. The molecule has 0 unspecified atom stereocenters. The fourth-order valence-corrected chi connectivity index (χ4v) is 1.04. The predicted molar refractivity (Wildman–Crippen MR) is 54.6 cm³/mol. The molecule has 0 aliphatic heterocycles. The molecule has 0 aromatic carbocycles. The van der Waals surface area contributed by atoms with Crippen molar-refractivity contribution in [1.29, 1.82) is 0 Å². The van der Waals surface area contributed by atoms with Gasteiger partial charge in [0.15, 0.2) is 0 Å². The molecule has 14 heavy (non-hydrogen) atoms. The predicted octanol–water partition coefficient (Wildman–Crippen LogP) is 1.34. The van der Waals surface area contributed by atoms with E-state index in [0.29, 0.717) is 0 Å². The number of carbonyl (C=O) groups excluding carboxylic acids is 1. The molecule has 0 spiro atoms. The van der Waals surface area contributed by atoms with Crippen molar-refractivity contribution in [2.75, 3.05) is 19.7 Å². The lowest BCUT2D eigenvalue weighted by molar-refractivity contribution is -0.194. The molecule has 4 heteroatoms. The van der Waals surface area contributed by atoms with E-state index in [2.05, 4.69) is 13.8 Å². The molecular weight excluding hydrogens is 182 g/mol. The van der Waals surface area contributed by atoms with Crippen molar-refractivity contribution in [2.45, 2.75) is 39.5 Å². The molecule has 0 aliphatic carbocycles. The van der Waals surface area contributed by atoms with Crippen LogP contribution in [0.5, 0.6) is 0 Å². The summed E-state index contributed by atoms with van der Waals surface area (Å²) >= 11 is 0. The molecule has 0 rings (SSSR count). The van der Waals surface area contributed by atoms with Crippen molar-refractivity contribution in [3.63, 3.8) is 0 Å². The maximum absolute atomic E-state index is 10.8. The van der Waals surface area contributed by atoms with Gasteiger partial charge in [-0.15, -0.1) is 5.06 Å². The van der Waals surface area contributed by atoms with Crippen LogP contribution in [0.15, 0.2) is 0 Å². The lowest BCUT2D eigenvalue weighted by Gasteiger charge is -2.20. The summed E-state index contributed by atoms with van der Waals surface area (Å²) in [6.07, 6.45) is 4.14. The van der Waals surface area contributed by atoms with Crippen LogP contribution in [0.2, 0.25) is 0 Å². The molecule has 0 saturated carbocycles. The number of hydroxylamine groups is 2. The van der Waals surface area contributed by atoms with Crippen LogP contribution >= 0.6 is 0 Å². The number of aliphatic hydroxyl groups is 1. The van der Waals surface area contributed by atoms with Gasteiger partial charge in [-0.1, -0.05) is 26.7 Å². The zero-order chi connectivity index (χ0) is 10.8. The van der Waals surface area contributed by atoms with Crippen molar-refractivity contribution in [3.05, 3.63) is 0 Å². The van der Waals surface area contributed by atoms with Crippen molar-refractivity contribution >= 4 is 5.97 Å². The molecule has 0 atom stereocenters. The van der Waals surface area contributed by atoms with Gasteiger partial charge in [0.25, 0.3) is 0 Å². The van der Waals surface area contributed by atoms with E-state index < -0.39 is 12.6 Å². The topological polar surface area (TPSA) is 49.8 Å². The van der Waals surface area contributed by atoms with Crippen LogP contribution in [0.1, 0.15) is 39.5 Å². The zero-order valence-corrected chi connectivity index (χ0v) is 9.16. The fourth-order valence-electron chi connectivity index (χ4n) is 1.04. The van der Waals surface area contributed by atoms with Gasteiger partial charge < -0.3 is 9.94 Å². The Morgan fingerprint density at radius 1 is 1.21 bits per heavy atom. The molecule has 0 heterocycles. The van der Waals surface area contributed by atoms with E-state index in [9.17, 15) is 4.79 Å². The first-order valence-corrected chi connectivity index (χ1v) is 5.31. The Hall–Kier alpha value is -0.610. The van der Waals surface area contributed by atoms with Crippen LogP contribution in [-0.2, 0) is 9.63 Å². The van der Waals surface area contributed by atoms with Crippen molar-refractivity contribution in [1.82, 2.24) is 5.06 Å². The SMILES string of the molecule is CCCCN(CCCC)OC(=O)CO. The zero-order valence-electron chi connectivity index (χ0n) is 9.16. The van der Waals surface area contributed by atoms with Gasteiger partial charge >= 0.3 is 5.97 Å². The maximum atomic E-state index is 10.8. The first-order chi connectivity index (χ1) is 6.74.